The largest absolute Gasteiger partial charge is 0.263 e. The zero-order valence-corrected chi connectivity index (χ0v) is 8.18. The van der Waals surface area contributed by atoms with E-state index in [4.69, 9.17) is 11.6 Å². The van der Waals surface area contributed by atoms with Crippen molar-refractivity contribution in [3.8, 4) is 0 Å². The van der Waals surface area contributed by atoms with Crippen molar-refractivity contribution in [1.82, 2.24) is 0 Å². The van der Waals surface area contributed by atoms with E-state index in [1.807, 2.05) is 0 Å². The van der Waals surface area contributed by atoms with Crippen molar-refractivity contribution in [2.24, 2.45) is 4.99 Å². The molecule has 1 atom stereocenters. The predicted molar refractivity (Wildman–Crippen MR) is 54.6 cm³/mol. The molecule has 0 N–H and O–H groups in total. The molecular weight excluding hydrogens is 206 g/mol. The third kappa shape index (κ3) is 1.71. The van der Waals surface area contributed by atoms with Crippen molar-refractivity contribution in [2.75, 3.05) is 0 Å². The van der Waals surface area contributed by atoms with Crippen LogP contribution in [0.2, 0.25) is 5.02 Å². The Bertz CT molecular complexity index is 426. The van der Waals surface area contributed by atoms with E-state index < -0.39 is 10.8 Å². The zero-order chi connectivity index (χ0) is 9.26. The molecule has 2 nitrogen and oxygen atoms in total. The van der Waals surface area contributed by atoms with Crippen LogP contribution in [0.3, 0.4) is 0 Å². The Balaban J connectivity index is 2.64. The number of aliphatic imine (C=N–C) groups is 1. The SMILES string of the molecule is O=S1C=CN=Cc2cc(Cl)ccc21. The second-order valence-electron chi connectivity index (χ2n) is 2.54. The Kier molecular flexibility index (Phi) is 2.29. The van der Waals surface area contributed by atoms with Crippen LogP contribution in [0.5, 0.6) is 0 Å². The van der Waals surface area contributed by atoms with Crippen LogP contribution in [0.4, 0.5) is 0 Å². The molecule has 66 valence electrons. The Hall–Kier alpha value is -0.930. The molecule has 13 heavy (non-hydrogen) atoms. The Morgan fingerprint density at radius 3 is 3.08 bits per heavy atom. The first kappa shape index (κ1) is 8.66. The number of rotatable bonds is 0. The zero-order valence-electron chi connectivity index (χ0n) is 6.61. The minimum atomic E-state index is -1.10. The van der Waals surface area contributed by atoms with Gasteiger partial charge in [-0.15, -0.1) is 0 Å². The smallest absolute Gasteiger partial charge is 0.0798 e. The highest BCUT2D eigenvalue weighted by Crippen LogP contribution is 2.19. The quantitative estimate of drug-likeness (QED) is 0.648. The van der Waals surface area contributed by atoms with Crippen LogP contribution in [-0.4, -0.2) is 10.4 Å². The maximum atomic E-state index is 11.5. The molecule has 0 spiro atoms. The summed E-state index contributed by atoms with van der Waals surface area (Å²) in [6, 6.07) is 5.24. The summed E-state index contributed by atoms with van der Waals surface area (Å²) in [6.07, 6.45) is 3.19. The van der Waals surface area contributed by atoms with Crippen molar-refractivity contribution in [2.45, 2.75) is 4.90 Å². The highest BCUT2D eigenvalue weighted by atomic mass is 35.5. The van der Waals surface area contributed by atoms with Crippen LogP contribution >= 0.6 is 11.6 Å². The molecule has 1 heterocycles. The van der Waals surface area contributed by atoms with Crippen molar-refractivity contribution in [3.05, 3.63) is 40.4 Å². The Morgan fingerprint density at radius 2 is 2.23 bits per heavy atom. The van der Waals surface area contributed by atoms with Crippen LogP contribution in [0.15, 0.2) is 39.7 Å². The Labute approximate surface area is 83.4 Å². The fourth-order valence-electron chi connectivity index (χ4n) is 1.09. The second kappa shape index (κ2) is 3.44. The van der Waals surface area contributed by atoms with Crippen molar-refractivity contribution in [3.63, 3.8) is 0 Å². The summed E-state index contributed by atoms with van der Waals surface area (Å²) in [4.78, 5) is 4.70. The molecule has 0 aliphatic carbocycles. The maximum Gasteiger partial charge on any atom is 0.0798 e. The van der Waals surface area contributed by atoms with Gasteiger partial charge in [-0.3, -0.25) is 4.99 Å². The normalized spacial score (nSPS) is 19.6. The number of benzene rings is 1. The van der Waals surface area contributed by atoms with Gasteiger partial charge in [0, 0.05) is 28.4 Å². The van der Waals surface area contributed by atoms with Gasteiger partial charge in [-0.1, -0.05) is 11.6 Å². The van der Waals surface area contributed by atoms with E-state index in [0.717, 1.165) is 10.5 Å². The minimum absolute atomic E-state index is 0.629. The fourth-order valence-corrected chi connectivity index (χ4v) is 2.14. The topological polar surface area (TPSA) is 29.4 Å². The molecule has 1 aliphatic heterocycles. The van der Waals surface area contributed by atoms with Gasteiger partial charge in [0.1, 0.15) is 0 Å². The second-order valence-corrected chi connectivity index (χ2v) is 4.29. The number of nitrogens with zero attached hydrogens (tertiary/aromatic N) is 1. The summed E-state index contributed by atoms with van der Waals surface area (Å²) in [5, 5.41) is 2.18. The summed E-state index contributed by atoms with van der Waals surface area (Å²) in [7, 11) is -1.10. The van der Waals surface area contributed by atoms with Gasteiger partial charge >= 0.3 is 0 Å². The number of fused-ring (bicyclic) bond motifs is 1. The van der Waals surface area contributed by atoms with Gasteiger partial charge in [-0.05, 0) is 18.2 Å². The van der Waals surface area contributed by atoms with Gasteiger partial charge in [0.25, 0.3) is 0 Å². The highest BCUT2D eigenvalue weighted by Gasteiger charge is 2.08. The first-order valence-corrected chi connectivity index (χ1v) is 5.26. The lowest BCUT2D eigenvalue weighted by Gasteiger charge is -2.00. The molecule has 0 radical (unpaired) electrons. The summed E-state index contributed by atoms with van der Waals surface area (Å²) in [5.41, 5.74) is 0.816. The summed E-state index contributed by atoms with van der Waals surface area (Å²) in [6.45, 7) is 0. The molecule has 4 heteroatoms. The van der Waals surface area contributed by atoms with E-state index in [1.165, 1.54) is 6.20 Å². The number of hydrogen-bond donors (Lipinski definition) is 0. The van der Waals surface area contributed by atoms with Crippen LogP contribution in [-0.2, 0) is 10.8 Å². The fraction of sp³-hybridized carbons (Fsp3) is 0. The van der Waals surface area contributed by atoms with Gasteiger partial charge in [0.05, 0.1) is 15.7 Å². The number of hydrogen-bond acceptors (Lipinski definition) is 2. The van der Waals surface area contributed by atoms with E-state index in [-0.39, 0.29) is 0 Å². The van der Waals surface area contributed by atoms with Crippen molar-refractivity contribution < 1.29 is 4.21 Å². The average Bonchev–Trinajstić information content (AvgIpc) is 2.28. The molecule has 2 rings (SSSR count). The van der Waals surface area contributed by atoms with E-state index in [2.05, 4.69) is 4.99 Å². The molecule has 0 bridgehead atoms. The van der Waals surface area contributed by atoms with Gasteiger partial charge < -0.3 is 0 Å². The molecule has 0 saturated heterocycles. The van der Waals surface area contributed by atoms with Crippen LogP contribution in [0.25, 0.3) is 0 Å². The summed E-state index contributed by atoms with van der Waals surface area (Å²) in [5.74, 6) is 0. The third-order valence-corrected chi connectivity index (χ3v) is 3.08. The lowest BCUT2D eigenvalue weighted by atomic mass is 10.2. The first-order chi connectivity index (χ1) is 6.27. The van der Waals surface area contributed by atoms with Gasteiger partial charge in [0.15, 0.2) is 0 Å². The lowest BCUT2D eigenvalue weighted by molar-refractivity contribution is 0.688. The standard InChI is InChI=1S/C9H6ClNOS/c10-8-1-2-9-7(5-8)6-11-3-4-13(9)12/h1-6H. The first-order valence-electron chi connectivity index (χ1n) is 3.67. The highest BCUT2D eigenvalue weighted by molar-refractivity contribution is 7.88. The molecule has 0 saturated carbocycles. The van der Waals surface area contributed by atoms with Crippen molar-refractivity contribution in [1.29, 1.82) is 0 Å². The van der Waals surface area contributed by atoms with E-state index >= 15 is 0 Å². The molecule has 0 fully saturated rings. The molecule has 1 unspecified atom stereocenters. The maximum absolute atomic E-state index is 11.5. The average molecular weight is 212 g/mol. The van der Waals surface area contributed by atoms with Crippen LogP contribution in [0, 0.1) is 0 Å². The van der Waals surface area contributed by atoms with Gasteiger partial charge in [0.2, 0.25) is 0 Å². The minimum Gasteiger partial charge on any atom is -0.263 e. The molecule has 1 aliphatic rings. The predicted octanol–water partition coefficient (Wildman–Crippen LogP) is 2.35. The summed E-state index contributed by atoms with van der Waals surface area (Å²) >= 11 is 5.80. The molecule has 0 aromatic heterocycles. The van der Waals surface area contributed by atoms with E-state index in [1.54, 1.807) is 29.8 Å². The molecule has 1 aromatic rings. The Morgan fingerprint density at radius 1 is 1.38 bits per heavy atom. The third-order valence-electron chi connectivity index (χ3n) is 1.67. The molecule has 0 amide bonds. The van der Waals surface area contributed by atoms with Crippen LogP contribution < -0.4 is 0 Å². The monoisotopic (exact) mass is 211 g/mol. The van der Waals surface area contributed by atoms with Gasteiger partial charge in [-0.2, -0.15) is 0 Å². The van der Waals surface area contributed by atoms with Gasteiger partial charge in [-0.25, -0.2) is 4.21 Å². The van der Waals surface area contributed by atoms with E-state index in [9.17, 15) is 4.21 Å². The molecular formula is C9H6ClNOS. The molecule has 1 aromatic carbocycles. The van der Waals surface area contributed by atoms with Crippen molar-refractivity contribution >= 4 is 28.6 Å². The van der Waals surface area contributed by atoms with Crippen LogP contribution in [0.1, 0.15) is 5.56 Å². The lowest BCUT2D eigenvalue weighted by Crippen LogP contribution is -1.92. The van der Waals surface area contributed by atoms with E-state index in [0.29, 0.717) is 5.02 Å². The number of halogens is 1. The summed E-state index contributed by atoms with van der Waals surface area (Å²) < 4.78 is 11.5.